The van der Waals surface area contributed by atoms with E-state index in [4.69, 9.17) is 4.74 Å². The summed E-state index contributed by atoms with van der Waals surface area (Å²) in [6, 6.07) is 6.67. The van der Waals surface area contributed by atoms with E-state index in [1.165, 1.54) is 6.07 Å². The number of halogens is 1. The van der Waals surface area contributed by atoms with Crippen LogP contribution in [0.4, 0.5) is 4.39 Å². The molecule has 0 spiro atoms. The molecule has 1 saturated heterocycles. The van der Waals surface area contributed by atoms with Crippen LogP contribution in [-0.4, -0.2) is 43.7 Å². The second kappa shape index (κ2) is 7.98. The summed E-state index contributed by atoms with van der Waals surface area (Å²) < 4.78 is 18.8. The van der Waals surface area contributed by atoms with E-state index in [2.05, 4.69) is 10.3 Å². The Morgan fingerprint density at radius 2 is 2.38 bits per heavy atom. The van der Waals surface area contributed by atoms with Crippen molar-refractivity contribution in [2.75, 3.05) is 26.7 Å². The third kappa shape index (κ3) is 5.01. The van der Waals surface area contributed by atoms with Gasteiger partial charge in [-0.2, -0.15) is 0 Å². The number of hydrogen-bond acceptors (Lipinski definition) is 2. The maximum Gasteiger partial charge on any atom is 0.194 e. The molecule has 0 saturated carbocycles. The van der Waals surface area contributed by atoms with Crippen molar-refractivity contribution in [3.8, 4) is 0 Å². The molecule has 116 valence electrons. The molecule has 1 aromatic carbocycles. The minimum absolute atomic E-state index is 0.206. The lowest BCUT2D eigenvalue weighted by atomic mass is 10.2. The third-order valence-corrected chi connectivity index (χ3v) is 3.47. The van der Waals surface area contributed by atoms with E-state index >= 15 is 0 Å². The van der Waals surface area contributed by atoms with Crippen LogP contribution >= 0.6 is 0 Å². The highest BCUT2D eigenvalue weighted by molar-refractivity contribution is 5.79. The molecule has 0 aromatic heterocycles. The van der Waals surface area contributed by atoms with Crippen LogP contribution in [0.3, 0.4) is 0 Å². The van der Waals surface area contributed by atoms with Gasteiger partial charge in [0.15, 0.2) is 5.96 Å². The van der Waals surface area contributed by atoms with Crippen LogP contribution in [0.25, 0.3) is 0 Å². The van der Waals surface area contributed by atoms with Gasteiger partial charge in [-0.05, 0) is 37.5 Å². The van der Waals surface area contributed by atoms with Gasteiger partial charge in [0.25, 0.3) is 0 Å². The summed E-state index contributed by atoms with van der Waals surface area (Å²) in [6.45, 7) is 4.98. The zero-order chi connectivity index (χ0) is 15.1. The van der Waals surface area contributed by atoms with Crippen LogP contribution in [0, 0.1) is 5.82 Å². The second-order valence-corrected chi connectivity index (χ2v) is 5.32. The monoisotopic (exact) mass is 293 g/mol. The predicted molar refractivity (Wildman–Crippen MR) is 82.8 cm³/mol. The molecule has 0 amide bonds. The molecule has 1 fully saturated rings. The van der Waals surface area contributed by atoms with Gasteiger partial charge >= 0.3 is 0 Å². The van der Waals surface area contributed by atoms with E-state index < -0.39 is 0 Å². The fraction of sp³-hybridized carbons (Fsp3) is 0.562. The van der Waals surface area contributed by atoms with Crippen molar-refractivity contribution >= 4 is 5.96 Å². The summed E-state index contributed by atoms with van der Waals surface area (Å²) >= 11 is 0. The van der Waals surface area contributed by atoms with E-state index in [0.717, 1.165) is 37.5 Å². The van der Waals surface area contributed by atoms with E-state index in [1.807, 2.05) is 24.9 Å². The number of benzene rings is 1. The lowest BCUT2D eigenvalue weighted by molar-refractivity contribution is 0.117. The molecule has 1 aliphatic heterocycles. The number of aliphatic imine (C=N–C) groups is 1. The molecule has 0 bridgehead atoms. The molecule has 2 rings (SSSR count). The van der Waals surface area contributed by atoms with Crippen LogP contribution in [0.2, 0.25) is 0 Å². The Bertz CT molecular complexity index is 472. The van der Waals surface area contributed by atoms with Crippen molar-refractivity contribution in [2.45, 2.75) is 32.4 Å². The van der Waals surface area contributed by atoms with Crippen LogP contribution in [0.15, 0.2) is 29.3 Å². The van der Waals surface area contributed by atoms with Crippen molar-refractivity contribution in [1.29, 1.82) is 0 Å². The number of nitrogens with zero attached hydrogens (tertiary/aromatic N) is 2. The average Bonchev–Trinajstić information content (AvgIpc) is 2.96. The topological polar surface area (TPSA) is 36.9 Å². The van der Waals surface area contributed by atoms with Crippen molar-refractivity contribution < 1.29 is 9.13 Å². The summed E-state index contributed by atoms with van der Waals surface area (Å²) in [5.74, 6) is 0.624. The van der Waals surface area contributed by atoms with E-state index in [1.54, 1.807) is 12.1 Å². The standard InChI is InChI=1S/C16H24FN3O/c1-3-18-16(19-11-15-8-5-9-21-15)20(2)12-13-6-4-7-14(17)10-13/h4,6-7,10,15H,3,5,8-9,11-12H2,1-2H3,(H,18,19). The number of guanidine groups is 1. The molecule has 21 heavy (non-hydrogen) atoms. The first kappa shape index (κ1) is 15.8. The third-order valence-electron chi connectivity index (χ3n) is 3.47. The van der Waals surface area contributed by atoms with E-state index in [-0.39, 0.29) is 11.9 Å². The van der Waals surface area contributed by atoms with Gasteiger partial charge < -0.3 is 15.0 Å². The molecule has 1 atom stereocenters. The maximum atomic E-state index is 13.2. The Balaban J connectivity index is 1.96. The Hall–Kier alpha value is -1.62. The van der Waals surface area contributed by atoms with Gasteiger partial charge in [-0.1, -0.05) is 12.1 Å². The van der Waals surface area contributed by atoms with Gasteiger partial charge in [-0.25, -0.2) is 4.39 Å². The summed E-state index contributed by atoms with van der Waals surface area (Å²) in [5, 5.41) is 3.27. The molecule has 0 radical (unpaired) electrons. The fourth-order valence-electron chi connectivity index (χ4n) is 2.43. The van der Waals surface area contributed by atoms with Gasteiger partial charge in [0.2, 0.25) is 0 Å². The molecular formula is C16H24FN3O. The Labute approximate surface area is 126 Å². The minimum Gasteiger partial charge on any atom is -0.376 e. The van der Waals surface area contributed by atoms with Crippen LogP contribution in [0.5, 0.6) is 0 Å². The Morgan fingerprint density at radius 1 is 1.52 bits per heavy atom. The van der Waals surface area contributed by atoms with Crippen molar-refractivity contribution in [2.24, 2.45) is 4.99 Å². The number of nitrogens with one attached hydrogen (secondary N) is 1. The van der Waals surface area contributed by atoms with Gasteiger partial charge in [0, 0.05) is 26.7 Å². The van der Waals surface area contributed by atoms with Crippen molar-refractivity contribution in [3.63, 3.8) is 0 Å². The number of ether oxygens (including phenoxy) is 1. The highest BCUT2D eigenvalue weighted by Crippen LogP contribution is 2.12. The van der Waals surface area contributed by atoms with Crippen molar-refractivity contribution in [3.05, 3.63) is 35.6 Å². The number of hydrogen-bond donors (Lipinski definition) is 1. The van der Waals surface area contributed by atoms with Gasteiger partial charge in [-0.3, -0.25) is 4.99 Å². The molecular weight excluding hydrogens is 269 g/mol. The SMILES string of the molecule is CCNC(=NCC1CCCO1)N(C)Cc1cccc(F)c1. The summed E-state index contributed by atoms with van der Waals surface area (Å²) in [4.78, 5) is 6.63. The first-order valence-electron chi connectivity index (χ1n) is 7.54. The van der Waals surface area contributed by atoms with E-state index in [9.17, 15) is 4.39 Å². The molecule has 1 unspecified atom stereocenters. The first-order valence-corrected chi connectivity index (χ1v) is 7.54. The molecule has 1 aromatic rings. The fourth-order valence-corrected chi connectivity index (χ4v) is 2.43. The zero-order valence-corrected chi connectivity index (χ0v) is 12.8. The van der Waals surface area contributed by atoms with Crippen LogP contribution in [0.1, 0.15) is 25.3 Å². The molecule has 1 heterocycles. The highest BCUT2D eigenvalue weighted by Gasteiger charge is 2.15. The molecule has 1 aliphatic rings. The number of rotatable bonds is 5. The average molecular weight is 293 g/mol. The normalized spacial score (nSPS) is 18.8. The summed E-state index contributed by atoms with van der Waals surface area (Å²) in [7, 11) is 1.96. The Morgan fingerprint density at radius 3 is 3.05 bits per heavy atom. The predicted octanol–water partition coefficient (Wildman–Crippen LogP) is 2.40. The minimum atomic E-state index is -0.206. The van der Waals surface area contributed by atoms with Crippen LogP contribution < -0.4 is 5.32 Å². The van der Waals surface area contributed by atoms with E-state index in [0.29, 0.717) is 13.1 Å². The molecule has 5 heteroatoms. The maximum absolute atomic E-state index is 13.2. The van der Waals surface area contributed by atoms with Crippen LogP contribution in [-0.2, 0) is 11.3 Å². The second-order valence-electron chi connectivity index (χ2n) is 5.32. The lowest BCUT2D eigenvalue weighted by Gasteiger charge is -2.22. The first-order chi connectivity index (χ1) is 10.2. The summed E-state index contributed by atoms with van der Waals surface area (Å²) in [6.07, 6.45) is 2.44. The van der Waals surface area contributed by atoms with Gasteiger partial charge in [0.05, 0.1) is 12.6 Å². The van der Waals surface area contributed by atoms with Gasteiger partial charge in [-0.15, -0.1) is 0 Å². The Kier molecular flexibility index (Phi) is 5.99. The lowest BCUT2D eigenvalue weighted by Crippen LogP contribution is -2.39. The summed E-state index contributed by atoms with van der Waals surface area (Å²) in [5.41, 5.74) is 0.931. The zero-order valence-electron chi connectivity index (χ0n) is 12.8. The largest absolute Gasteiger partial charge is 0.376 e. The molecule has 1 N–H and O–H groups in total. The highest BCUT2D eigenvalue weighted by atomic mass is 19.1. The smallest absolute Gasteiger partial charge is 0.194 e. The quantitative estimate of drug-likeness (QED) is 0.669. The molecule has 4 nitrogen and oxygen atoms in total. The molecule has 0 aliphatic carbocycles. The van der Waals surface area contributed by atoms with Crippen molar-refractivity contribution in [1.82, 2.24) is 10.2 Å². The van der Waals surface area contributed by atoms with Gasteiger partial charge in [0.1, 0.15) is 5.82 Å².